The van der Waals surface area contributed by atoms with Crippen LogP contribution in [0.4, 0.5) is 4.39 Å². The molecule has 2 aromatic rings. The Morgan fingerprint density at radius 3 is 2.88 bits per heavy atom. The van der Waals surface area contributed by atoms with Crippen molar-refractivity contribution < 1.29 is 9.18 Å². The van der Waals surface area contributed by atoms with E-state index >= 15 is 0 Å². The minimum absolute atomic E-state index is 0.00397. The molecule has 1 saturated heterocycles. The molecule has 25 heavy (non-hydrogen) atoms. The Morgan fingerprint density at radius 2 is 2.20 bits per heavy atom. The molecule has 2 unspecified atom stereocenters. The summed E-state index contributed by atoms with van der Waals surface area (Å²) in [5, 5.41) is 8.10. The highest BCUT2D eigenvalue weighted by atomic mass is 35.5. The summed E-state index contributed by atoms with van der Waals surface area (Å²) in [5.41, 5.74) is 7.22. The van der Waals surface area contributed by atoms with Crippen LogP contribution in [0.15, 0.2) is 18.2 Å². The minimum atomic E-state index is -0.505. The quantitative estimate of drug-likeness (QED) is 0.906. The van der Waals surface area contributed by atoms with Gasteiger partial charge in [0, 0.05) is 12.6 Å². The van der Waals surface area contributed by atoms with Crippen molar-refractivity contribution in [2.75, 3.05) is 13.1 Å². The van der Waals surface area contributed by atoms with Crippen LogP contribution in [-0.2, 0) is 0 Å². The molecule has 3 rings (SSSR count). The third-order valence-corrected chi connectivity index (χ3v) is 5.11. The van der Waals surface area contributed by atoms with E-state index in [1.165, 1.54) is 16.8 Å². The Labute approximate surface area is 150 Å². The van der Waals surface area contributed by atoms with Gasteiger partial charge in [0.1, 0.15) is 5.82 Å². The Bertz CT molecular complexity index is 793. The fourth-order valence-corrected chi connectivity index (χ4v) is 3.36. The molecule has 2 heterocycles. The first-order chi connectivity index (χ1) is 11.9. The van der Waals surface area contributed by atoms with E-state index in [4.69, 9.17) is 17.3 Å². The van der Waals surface area contributed by atoms with Crippen LogP contribution in [0, 0.1) is 18.7 Å². The Hall–Kier alpha value is -1.99. The van der Waals surface area contributed by atoms with Crippen LogP contribution >= 0.6 is 11.6 Å². The zero-order valence-electron chi connectivity index (χ0n) is 14.2. The summed E-state index contributed by atoms with van der Waals surface area (Å²) in [5.74, 6) is -0.344. The monoisotopic (exact) mass is 365 g/mol. The molecule has 1 aliphatic heterocycles. The largest absolute Gasteiger partial charge is 0.334 e. The van der Waals surface area contributed by atoms with Gasteiger partial charge in [0.05, 0.1) is 16.4 Å². The predicted octanol–water partition coefficient (Wildman–Crippen LogP) is 2.57. The van der Waals surface area contributed by atoms with Crippen molar-refractivity contribution in [2.45, 2.75) is 32.7 Å². The molecule has 0 spiro atoms. The minimum Gasteiger partial charge on any atom is -0.334 e. The highest BCUT2D eigenvalue weighted by Crippen LogP contribution is 2.25. The van der Waals surface area contributed by atoms with Crippen molar-refractivity contribution in [1.29, 1.82) is 0 Å². The number of halogens is 2. The van der Waals surface area contributed by atoms with E-state index in [1.54, 1.807) is 13.0 Å². The van der Waals surface area contributed by atoms with Gasteiger partial charge in [-0.25, -0.2) is 9.07 Å². The molecule has 6 nitrogen and oxygen atoms in total. The lowest BCUT2D eigenvalue weighted by Gasteiger charge is -2.37. The van der Waals surface area contributed by atoms with Gasteiger partial charge in [-0.3, -0.25) is 4.79 Å². The van der Waals surface area contributed by atoms with Crippen LogP contribution in [0.1, 0.15) is 35.9 Å². The fraction of sp³-hybridized carbons (Fsp3) is 0.471. The maximum Gasteiger partial charge on any atom is 0.276 e. The van der Waals surface area contributed by atoms with Gasteiger partial charge in [-0.05, 0) is 57.4 Å². The van der Waals surface area contributed by atoms with Crippen LogP contribution in [0.25, 0.3) is 5.69 Å². The number of rotatable bonds is 3. The smallest absolute Gasteiger partial charge is 0.276 e. The van der Waals surface area contributed by atoms with Crippen molar-refractivity contribution in [3.05, 3.63) is 40.4 Å². The van der Waals surface area contributed by atoms with Gasteiger partial charge in [0.25, 0.3) is 5.91 Å². The Morgan fingerprint density at radius 1 is 1.44 bits per heavy atom. The topological polar surface area (TPSA) is 77.0 Å². The standard InChI is InChI=1S/C17H21ClFN5O/c1-10-3-4-12(8-20)9-23(10)17(25)16-11(2)24(22-21-16)13-5-6-15(19)14(18)7-13/h5-7,10,12H,3-4,8-9,20H2,1-2H3. The lowest BCUT2D eigenvalue weighted by molar-refractivity contribution is 0.0560. The van der Waals surface area contributed by atoms with E-state index in [2.05, 4.69) is 10.3 Å². The molecular weight excluding hydrogens is 345 g/mol. The van der Waals surface area contributed by atoms with E-state index in [1.807, 2.05) is 11.8 Å². The molecule has 1 aromatic carbocycles. The lowest BCUT2D eigenvalue weighted by Crippen LogP contribution is -2.47. The zero-order chi connectivity index (χ0) is 18.1. The van der Waals surface area contributed by atoms with E-state index in [9.17, 15) is 9.18 Å². The van der Waals surface area contributed by atoms with Crippen molar-refractivity contribution in [2.24, 2.45) is 11.7 Å². The van der Waals surface area contributed by atoms with E-state index in [-0.39, 0.29) is 17.0 Å². The number of likely N-dealkylation sites (tertiary alicyclic amines) is 1. The summed E-state index contributed by atoms with van der Waals surface area (Å²) in [6.45, 7) is 4.99. The number of amides is 1. The van der Waals surface area contributed by atoms with Gasteiger partial charge in [-0.15, -0.1) is 5.10 Å². The average Bonchev–Trinajstić information content (AvgIpc) is 2.99. The van der Waals surface area contributed by atoms with Crippen molar-refractivity contribution in [1.82, 2.24) is 19.9 Å². The Balaban J connectivity index is 1.89. The van der Waals surface area contributed by atoms with Gasteiger partial charge in [-0.1, -0.05) is 16.8 Å². The molecule has 0 aliphatic carbocycles. The first kappa shape index (κ1) is 17.8. The SMILES string of the molecule is Cc1c(C(=O)N2CC(CN)CCC2C)nnn1-c1ccc(F)c(Cl)c1. The second-order valence-corrected chi connectivity index (χ2v) is 6.93. The number of aromatic nitrogens is 3. The molecule has 2 N–H and O–H groups in total. The molecule has 2 atom stereocenters. The molecule has 134 valence electrons. The summed E-state index contributed by atoms with van der Waals surface area (Å²) < 4.78 is 14.8. The van der Waals surface area contributed by atoms with Gasteiger partial charge in [0.15, 0.2) is 5.69 Å². The van der Waals surface area contributed by atoms with E-state index in [0.717, 1.165) is 12.8 Å². The number of benzene rings is 1. The van der Waals surface area contributed by atoms with Crippen molar-refractivity contribution >= 4 is 17.5 Å². The first-order valence-electron chi connectivity index (χ1n) is 8.31. The number of piperidine rings is 1. The normalized spacial score (nSPS) is 20.8. The van der Waals surface area contributed by atoms with Crippen molar-refractivity contribution in [3.63, 3.8) is 0 Å². The summed E-state index contributed by atoms with van der Waals surface area (Å²) in [7, 11) is 0. The second-order valence-electron chi connectivity index (χ2n) is 6.52. The summed E-state index contributed by atoms with van der Waals surface area (Å²) in [6, 6.07) is 4.41. The molecular formula is C17H21ClFN5O. The number of carbonyl (C=O) groups excluding carboxylic acids is 1. The van der Waals surface area contributed by atoms with Gasteiger partial charge < -0.3 is 10.6 Å². The second kappa shape index (κ2) is 7.09. The van der Waals surface area contributed by atoms with Gasteiger partial charge >= 0.3 is 0 Å². The maximum absolute atomic E-state index is 13.4. The molecule has 1 fully saturated rings. The van der Waals surface area contributed by atoms with Crippen LogP contribution in [0.2, 0.25) is 5.02 Å². The predicted molar refractivity (Wildman–Crippen MR) is 93.3 cm³/mol. The Kier molecular flexibility index (Phi) is 5.06. The van der Waals surface area contributed by atoms with Gasteiger partial charge in [0.2, 0.25) is 0 Å². The number of carbonyl (C=O) groups is 1. The number of hydrogen-bond donors (Lipinski definition) is 1. The zero-order valence-corrected chi connectivity index (χ0v) is 15.0. The summed E-state index contributed by atoms with van der Waals surface area (Å²) in [6.07, 6.45) is 1.95. The average molecular weight is 366 g/mol. The molecule has 1 aliphatic rings. The number of nitrogens with two attached hydrogens (primary N) is 1. The van der Waals surface area contributed by atoms with Crippen LogP contribution < -0.4 is 5.73 Å². The third-order valence-electron chi connectivity index (χ3n) is 4.82. The first-order valence-corrected chi connectivity index (χ1v) is 8.69. The number of hydrogen-bond acceptors (Lipinski definition) is 4. The molecule has 0 saturated carbocycles. The van der Waals surface area contributed by atoms with Crippen LogP contribution in [0.5, 0.6) is 0 Å². The van der Waals surface area contributed by atoms with Crippen LogP contribution in [-0.4, -0.2) is 44.9 Å². The maximum atomic E-state index is 13.4. The van der Waals surface area contributed by atoms with Crippen molar-refractivity contribution in [3.8, 4) is 5.69 Å². The molecule has 8 heteroatoms. The number of nitrogens with zero attached hydrogens (tertiary/aromatic N) is 4. The van der Waals surface area contributed by atoms with E-state index in [0.29, 0.717) is 36.1 Å². The highest BCUT2D eigenvalue weighted by molar-refractivity contribution is 6.30. The molecule has 0 radical (unpaired) electrons. The summed E-state index contributed by atoms with van der Waals surface area (Å²) >= 11 is 5.83. The van der Waals surface area contributed by atoms with Gasteiger partial charge in [-0.2, -0.15) is 0 Å². The summed E-state index contributed by atoms with van der Waals surface area (Å²) in [4.78, 5) is 14.8. The lowest BCUT2D eigenvalue weighted by atomic mass is 9.93. The molecule has 1 aromatic heterocycles. The molecule has 0 bridgehead atoms. The molecule has 1 amide bonds. The van der Waals surface area contributed by atoms with Crippen LogP contribution in [0.3, 0.4) is 0 Å². The fourth-order valence-electron chi connectivity index (χ4n) is 3.18. The third kappa shape index (κ3) is 3.39. The highest BCUT2D eigenvalue weighted by Gasteiger charge is 2.31. The van der Waals surface area contributed by atoms with E-state index < -0.39 is 5.82 Å².